The standard InChI is InChI=1S/C36H37ClN2O5S2/c1-4-26-12-14-27(15-13-26)33-21-35-32(23-38(33)45(41,42)30-16-8-24(2)9-17-30)36(40)22-34(28-6-5-7-29(37)20-28)39(35)46(43,44)31-18-10-25(3)11-19-31/h5-20,32-35H,4,21-23H2,1-3H3/t32-,33+,34?,35+/m1/s1. The quantitative estimate of drug-likeness (QED) is 0.209. The van der Waals surface area contributed by atoms with E-state index in [1.54, 1.807) is 72.8 Å². The number of benzene rings is 4. The van der Waals surface area contributed by atoms with Crippen molar-refractivity contribution in [1.82, 2.24) is 8.61 Å². The third-order valence-corrected chi connectivity index (χ3v) is 13.4. The summed E-state index contributed by atoms with van der Waals surface area (Å²) < 4.78 is 60.8. The third kappa shape index (κ3) is 6.07. The number of aryl methyl sites for hydroxylation is 3. The Kier molecular flexibility index (Phi) is 8.99. The Hall–Kier alpha value is -3.34. The Balaban J connectivity index is 1.51. The van der Waals surface area contributed by atoms with E-state index >= 15 is 0 Å². The summed E-state index contributed by atoms with van der Waals surface area (Å²) in [5, 5.41) is 0.438. The predicted molar refractivity (Wildman–Crippen MR) is 180 cm³/mol. The van der Waals surface area contributed by atoms with E-state index in [4.69, 9.17) is 11.6 Å². The summed E-state index contributed by atoms with van der Waals surface area (Å²) in [7, 11) is -8.19. The number of hydrogen-bond acceptors (Lipinski definition) is 5. The molecule has 7 nitrogen and oxygen atoms in total. The van der Waals surface area contributed by atoms with Gasteiger partial charge in [0.25, 0.3) is 0 Å². The van der Waals surface area contributed by atoms with E-state index in [0.717, 1.165) is 28.7 Å². The maximum atomic E-state index is 14.6. The molecule has 0 amide bonds. The first-order valence-corrected chi connectivity index (χ1v) is 18.7. The van der Waals surface area contributed by atoms with Gasteiger partial charge >= 0.3 is 0 Å². The molecule has 10 heteroatoms. The maximum absolute atomic E-state index is 14.6. The Morgan fingerprint density at radius 2 is 1.33 bits per heavy atom. The van der Waals surface area contributed by atoms with Crippen LogP contribution in [0.5, 0.6) is 0 Å². The number of fused-ring (bicyclic) bond motifs is 1. The van der Waals surface area contributed by atoms with Gasteiger partial charge in [-0.05, 0) is 79.8 Å². The van der Waals surface area contributed by atoms with Gasteiger partial charge in [-0.3, -0.25) is 4.79 Å². The van der Waals surface area contributed by atoms with Crippen molar-refractivity contribution in [2.75, 3.05) is 6.54 Å². The van der Waals surface area contributed by atoms with Crippen LogP contribution in [0.4, 0.5) is 0 Å². The number of hydrogen-bond donors (Lipinski definition) is 0. The summed E-state index contributed by atoms with van der Waals surface area (Å²) >= 11 is 6.37. The number of sulfonamides is 2. The Labute approximate surface area is 276 Å². The first-order valence-electron chi connectivity index (χ1n) is 15.5. The second-order valence-corrected chi connectivity index (χ2v) is 16.5. The molecule has 4 aromatic carbocycles. The minimum atomic E-state index is -4.14. The zero-order valence-corrected chi connectivity index (χ0v) is 28.4. The molecule has 46 heavy (non-hydrogen) atoms. The van der Waals surface area contributed by atoms with Crippen LogP contribution < -0.4 is 0 Å². The summed E-state index contributed by atoms with van der Waals surface area (Å²) in [6, 6.07) is 25.8. The van der Waals surface area contributed by atoms with Crippen molar-refractivity contribution in [3.8, 4) is 0 Å². The normalized spacial score (nSPS) is 22.8. The molecule has 0 aromatic heterocycles. The van der Waals surface area contributed by atoms with Crippen LogP contribution in [-0.2, 0) is 31.3 Å². The monoisotopic (exact) mass is 676 g/mol. The number of rotatable bonds is 7. The van der Waals surface area contributed by atoms with Crippen molar-refractivity contribution in [2.45, 2.75) is 68.0 Å². The van der Waals surface area contributed by atoms with Gasteiger partial charge in [0, 0.05) is 29.9 Å². The molecule has 2 heterocycles. The van der Waals surface area contributed by atoms with Crippen molar-refractivity contribution in [2.24, 2.45) is 5.92 Å². The van der Waals surface area contributed by atoms with E-state index in [-0.39, 0.29) is 35.0 Å². The van der Waals surface area contributed by atoms with Gasteiger partial charge in [-0.15, -0.1) is 0 Å². The highest BCUT2D eigenvalue weighted by Gasteiger charge is 2.54. The van der Waals surface area contributed by atoms with Crippen LogP contribution in [0.15, 0.2) is 107 Å². The topological polar surface area (TPSA) is 91.8 Å². The van der Waals surface area contributed by atoms with Crippen molar-refractivity contribution in [1.29, 1.82) is 0 Å². The molecular weight excluding hydrogens is 640 g/mol. The maximum Gasteiger partial charge on any atom is 0.243 e. The van der Waals surface area contributed by atoms with Gasteiger partial charge in [-0.2, -0.15) is 8.61 Å². The third-order valence-electron chi connectivity index (χ3n) is 9.33. The van der Waals surface area contributed by atoms with E-state index in [1.807, 2.05) is 45.0 Å². The highest BCUT2D eigenvalue weighted by atomic mass is 35.5. The van der Waals surface area contributed by atoms with Gasteiger partial charge < -0.3 is 0 Å². The molecule has 4 atom stereocenters. The molecule has 0 aliphatic carbocycles. The van der Waals surface area contributed by atoms with Crippen LogP contribution >= 0.6 is 11.6 Å². The smallest absolute Gasteiger partial charge is 0.243 e. The average Bonchev–Trinajstić information content (AvgIpc) is 3.04. The van der Waals surface area contributed by atoms with Crippen LogP contribution in [0.3, 0.4) is 0 Å². The lowest BCUT2D eigenvalue weighted by Crippen LogP contribution is -2.60. The van der Waals surface area contributed by atoms with E-state index in [0.29, 0.717) is 10.6 Å². The van der Waals surface area contributed by atoms with Crippen LogP contribution in [0, 0.1) is 19.8 Å². The molecule has 6 rings (SSSR count). The highest BCUT2D eigenvalue weighted by Crippen LogP contribution is 2.48. The first-order chi connectivity index (χ1) is 21.9. The lowest BCUT2D eigenvalue weighted by Gasteiger charge is -2.51. The molecule has 240 valence electrons. The lowest BCUT2D eigenvalue weighted by atomic mass is 9.77. The zero-order chi connectivity index (χ0) is 32.8. The number of Topliss-reactive ketones (excluding diaryl/α,β-unsaturated/α-hetero) is 1. The summed E-state index contributed by atoms with van der Waals surface area (Å²) in [5.74, 6) is -1.03. The molecule has 4 aromatic rings. The summed E-state index contributed by atoms with van der Waals surface area (Å²) in [4.78, 5) is 14.3. The Bertz CT molecular complexity index is 1960. The van der Waals surface area contributed by atoms with E-state index in [9.17, 15) is 21.6 Å². The number of piperidine rings is 2. The molecule has 0 radical (unpaired) electrons. The van der Waals surface area contributed by atoms with Gasteiger partial charge in [0.2, 0.25) is 20.0 Å². The van der Waals surface area contributed by atoms with E-state index in [1.165, 1.54) is 8.61 Å². The van der Waals surface area contributed by atoms with Crippen LogP contribution in [-0.4, -0.2) is 43.8 Å². The second kappa shape index (κ2) is 12.7. The predicted octanol–water partition coefficient (Wildman–Crippen LogP) is 7.04. The minimum Gasteiger partial charge on any atom is -0.299 e. The SMILES string of the molecule is CCc1ccc([C@@H]2C[C@H]3[C@@H](CN2S(=O)(=O)c2ccc(C)cc2)C(=O)CC(c2cccc(Cl)c2)N3S(=O)(=O)c2ccc(C)cc2)cc1. The summed E-state index contributed by atoms with van der Waals surface area (Å²) in [6.45, 7) is 5.69. The van der Waals surface area contributed by atoms with E-state index in [2.05, 4.69) is 0 Å². The van der Waals surface area contributed by atoms with Gasteiger partial charge in [-0.25, -0.2) is 16.8 Å². The van der Waals surface area contributed by atoms with Gasteiger partial charge in [0.15, 0.2) is 0 Å². The number of carbonyl (C=O) groups excluding carboxylic acids is 1. The number of carbonyl (C=O) groups is 1. The first kappa shape index (κ1) is 32.6. The van der Waals surface area contributed by atoms with E-state index < -0.39 is 44.1 Å². The second-order valence-electron chi connectivity index (χ2n) is 12.3. The van der Waals surface area contributed by atoms with Crippen molar-refractivity contribution in [3.63, 3.8) is 0 Å². The van der Waals surface area contributed by atoms with Gasteiger partial charge in [-0.1, -0.05) is 90.3 Å². The number of nitrogens with zero attached hydrogens (tertiary/aromatic N) is 2. The average molecular weight is 677 g/mol. The Morgan fingerprint density at radius 1 is 0.739 bits per heavy atom. The molecular formula is C36H37ClN2O5S2. The molecule has 2 fully saturated rings. The molecule has 0 spiro atoms. The fourth-order valence-electron chi connectivity index (χ4n) is 6.76. The summed E-state index contributed by atoms with van der Waals surface area (Å²) in [5.41, 5.74) is 4.31. The van der Waals surface area contributed by atoms with Crippen LogP contribution in [0.1, 0.15) is 59.7 Å². The fraction of sp³-hybridized carbons (Fsp3) is 0.306. The molecule has 0 saturated carbocycles. The highest BCUT2D eigenvalue weighted by molar-refractivity contribution is 7.89. The molecule has 2 aliphatic rings. The van der Waals surface area contributed by atoms with Crippen LogP contribution in [0.2, 0.25) is 5.02 Å². The van der Waals surface area contributed by atoms with Crippen LogP contribution in [0.25, 0.3) is 0 Å². The molecule has 2 aliphatic heterocycles. The largest absolute Gasteiger partial charge is 0.299 e. The van der Waals surface area contributed by atoms with Gasteiger partial charge in [0.1, 0.15) is 5.78 Å². The fourth-order valence-corrected chi connectivity index (χ4v) is 10.5. The molecule has 0 bridgehead atoms. The molecule has 0 N–H and O–H groups in total. The number of ketones is 1. The van der Waals surface area contributed by atoms with Crippen molar-refractivity contribution >= 4 is 37.4 Å². The minimum absolute atomic E-state index is 0.0963. The lowest BCUT2D eigenvalue weighted by molar-refractivity contribution is -0.132. The van der Waals surface area contributed by atoms with Crippen molar-refractivity contribution < 1.29 is 21.6 Å². The summed E-state index contributed by atoms with van der Waals surface area (Å²) in [6.07, 6.45) is 0.829. The number of halogens is 1. The molecule has 2 saturated heterocycles. The van der Waals surface area contributed by atoms with Gasteiger partial charge in [0.05, 0.1) is 21.9 Å². The molecule has 1 unspecified atom stereocenters. The Morgan fingerprint density at radius 3 is 1.89 bits per heavy atom. The zero-order valence-electron chi connectivity index (χ0n) is 26.0. The van der Waals surface area contributed by atoms with Crippen molar-refractivity contribution in [3.05, 3.63) is 130 Å².